The quantitative estimate of drug-likeness (QED) is 0.424. The number of benzene rings is 2. The second kappa shape index (κ2) is 18.1. The Morgan fingerprint density at radius 1 is 0.792 bits per heavy atom. The van der Waals surface area contributed by atoms with Crippen LogP contribution in [0.2, 0.25) is 0 Å². The molecule has 2 aromatic carbocycles. The van der Waals surface area contributed by atoms with Crippen LogP contribution in [0.15, 0.2) is 48.5 Å². The van der Waals surface area contributed by atoms with Gasteiger partial charge in [0.25, 0.3) is 0 Å². The molecular formula is C18H26Cl2N2Pd2. The summed E-state index contributed by atoms with van der Waals surface area (Å²) in [5, 5.41) is 0. The van der Waals surface area contributed by atoms with E-state index in [1.54, 1.807) is 0 Å². The normalized spacial score (nSPS) is 9.50. The molecule has 0 amide bonds. The Bertz CT molecular complexity index is 437. The first-order valence-corrected chi connectivity index (χ1v) is 11.4. The third kappa shape index (κ3) is 17.1. The van der Waals surface area contributed by atoms with Crippen LogP contribution in [-0.2, 0) is 49.5 Å². The fraction of sp³-hybridized carbons (Fsp3) is 0.333. The molecule has 0 aliphatic heterocycles. The molecule has 2 aromatic rings. The van der Waals surface area contributed by atoms with Gasteiger partial charge < -0.3 is 9.80 Å². The van der Waals surface area contributed by atoms with Crippen molar-refractivity contribution in [3.8, 4) is 0 Å². The Morgan fingerprint density at radius 2 is 1.12 bits per heavy atom. The van der Waals surface area contributed by atoms with Gasteiger partial charge in [-0.1, -0.05) is 0 Å². The fourth-order valence-electron chi connectivity index (χ4n) is 1.74. The standard InChI is InChI=1S/2C9H12N.2ClH.2Pd/c2*1-10(2)8-9-6-4-3-5-7-9;;;;/h2*3-6H,8H2,1-2H3;2*1H;;/q2*-1;;;;+2. The second-order valence-corrected chi connectivity index (χ2v) is 8.06. The molecule has 0 aliphatic carbocycles. The van der Waals surface area contributed by atoms with Gasteiger partial charge in [0.05, 0.1) is 0 Å². The first kappa shape index (κ1) is 26.5. The molecule has 0 unspecified atom stereocenters. The van der Waals surface area contributed by atoms with Gasteiger partial charge >= 0.3 is 35.0 Å². The summed E-state index contributed by atoms with van der Waals surface area (Å²) in [4.78, 5) is 4.26. The molecule has 0 N–H and O–H groups in total. The minimum atomic E-state index is 0. The van der Waals surface area contributed by atoms with Crippen LogP contribution in [0.3, 0.4) is 0 Å². The molecule has 0 spiro atoms. The molecular weight excluding hydrogens is 528 g/mol. The number of rotatable bonds is 4. The van der Waals surface area contributed by atoms with Crippen molar-refractivity contribution in [3.63, 3.8) is 0 Å². The van der Waals surface area contributed by atoms with Crippen LogP contribution in [-0.4, -0.2) is 38.0 Å². The van der Waals surface area contributed by atoms with E-state index in [0.29, 0.717) is 0 Å². The van der Waals surface area contributed by atoms with Gasteiger partial charge in [-0.25, -0.2) is 0 Å². The molecule has 2 nitrogen and oxygen atoms in total. The van der Waals surface area contributed by atoms with Gasteiger partial charge in [-0.2, -0.15) is 60.7 Å². The zero-order chi connectivity index (χ0) is 17.5. The Labute approximate surface area is 177 Å². The fourth-order valence-corrected chi connectivity index (χ4v) is 1.74. The van der Waals surface area contributed by atoms with E-state index >= 15 is 0 Å². The summed E-state index contributed by atoms with van der Waals surface area (Å²) in [6.45, 7) is 1.95. The number of hydrogen-bond donors (Lipinski definition) is 0. The van der Waals surface area contributed by atoms with Crippen LogP contribution in [0.5, 0.6) is 0 Å². The first-order valence-electron chi connectivity index (χ1n) is 7.04. The van der Waals surface area contributed by atoms with E-state index in [2.05, 4.69) is 81.3 Å². The van der Waals surface area contributed by atoms with Crippen molar-refractivity contribution in [1.82, 2.24) is 9.80 Å². The number of halogens is 2. The summed E-state index contributed by atoms with van der Waals surface area (Å²) >= 11 is 0.117. The van der Waals surface area contributed by atoms with E-state index in [1.165, 1.54) is 11.1 Å². The molecule has 0 atom stereocenters. The van der Waals surface area contributed by atoms with Crippen molar-refractivity contribution in [2.75, 3.05) is 28.2 Å². The van der Waals surface area contributed by atoms with Crippen molar-refractivity contribution in [2.45, 2.75) is 13.1 Å². The zero-order valence-corrected chi connectivity index (χ0v) is 19.1. The van der Waals surface area contributed by atoms with Crippen molar-refractivity contribution >= 4 is 0 Å². The van der Waals surface area contributed by atoms with E-state index in [-0.39, 0.29) is 36.4 Å². The molecule has 0 saturated heterocycles. The van der Waals surface area contributed by atoms with E-state index < -0.39 is 0 Å². The maximum atomic E-state index is 4.26. The summed E-state index contributed by atoms with van der Waals surface area (Å²) < 4.78 is 0. The molecule has 0 radical (unpaired) electrons. The van der Waals surface area contributed by atoms with Crippen molar-refractivity contribution in [3.05, 3.63) is 71.8 Å². The molecule has 2 rings (SSSR count). The third-order valence-electron chi connectivity index (χ3n) is 2.52. The van der Waals surface area contributed by atoms with Gasteiger partial charge in [-0.05, 0) is 28.2 Å². The van der Waals surface area contributed by atoms with E-state index in [4.69, 9.17) is 0 Å². The van der Waals surface area contributed by atoms with Gasteiger partial charge in [-0.15, -0.1) is 11.1 Å². The predicted molar refractivity (Wildman–Crippen MR) is 88.1 cm³/mol. The second-order valence-electron chi connectivity index (χ2n) is 5.30. The molecule has 6 heteroatoms. The molecule has 142 valence electrons. The largest absolute Gasteiger partial charge is 0 e. The first-order chi connectivity index (χ1) is 11.0. The van der Waals surface area contributed by atoms with Crippen LogP contribution < -0.4 is 0 Å². The van der Waals surface area contributed by atoms with Crippen molar-refractivity contribution in [2.24, 2.45) is 0 Å². The maximum absolute atomic E-state index is 4.26. The van der Waals surface area contributed by atoms with Crippen LogP contribution in [0.4, 0.5) is 0 Å². The summed E-state index contributed by atoms with van der Waals surface area (Å²) in [5.74, 6) is 0. The molecule has 0 saturated carbocycles. The van der Waals surface area contributed by atoms with Crippen LogP contribution in [0.1, 0.15) is 11.1 Å². The molecule has 0 bridgehead atoms. The van der Waals surface area contributed by atoms with Crippen molar-refractivity contribution in [1.29, 1.82) is 0 Å². The Hall–Kier alpha value is 0.265. The van der Waals surface area contributed by atoms with Gasteiger partial charge in [0.15, 0.2) is 0 Å². The van der Waals surface area contributed by atoms with Gasteiger partial charge in [0, 0.05) is 33.5 Å². The third-order valence-corrected chi connectivity index (χ3v) is 2.52. The van der Waals surface area contributed by atoms with E-state index in [1.807, 2.05) is 36.4 Å². The van der Waals surface area contributed by atoms with Gasteiger partial charge in [0.1, 0.15) is 0 Å². The van der Waals surface area contributed by atoms with Crippen LogP contribution in [0, 0.1) is 31.2 Å². The SMILES string of the molecule is CN(C)Cc1[c-]cccc1.CN(C)Cc1[c-]cccc1.[ClH+][Pd][ClH+].[Pd]. The van der Waals surface area contributed by atoms with Crippen LogP contribution >= 0.6 is 0 Å². The summed E-state index contributed by atoms with van der Waals surface area (Å²) in [6, 6.07) is 22.4. The Morgan fingerprint density at radius 3 is 1.33 bits per heavy atom. The van der Waals surface area contributed by atoms with Crippen LogP contribution in [0.25, 0.3) is 0 Å². The zero-order valence-electron chi connectivity index (χ0n) is 14.4. The maximum Gasteiger partial charge on any atom is 0 e. The molecule has 0 fully saturated rings. The number of nitrogens with zero attached hydrogens (tertiary/aromatic N) is 2. The monoisotopic (exact) mass is 552 g/mol. The van der Waals surface area contributed by atoms with Crippen molar-refractivity contribution < 1.29 is 55.4 Å². The predicted octanol–water partition coefficient (Wildman–Crippen LogP) is 2.56. The summed E-state index contributed by atoms with van der Waals surface area (Å²) in [6.07, 6.45) is 0. The average molecular weight is 554 g/mol. The molecule has 0 aliphatic rings. The number of hydrogen-bond acceptors (Lipinski definition) is 2. The average Bonchev–Trinajstić information content (AvgIpc) is 2.49. The minimum Gasteiger partial charge on any atom is 0 e. The molecule has 0 heterocycles. The molecule has 24 heavy (non-hydrogen) atoms. The smallest absolute Gasteiger partial charge is 0 e. The van der Waals surface area contributed by atoms with Gasteiger partial charge in [-0.3, -0.25) is 0 Å². The topological polar surface area (TPSA) is 6.48 Å². The Kier molecular flexibility index (Phi) is 19.9. The van der Waals surface area contributed by atoms with E-state index in [9.17, 15) is 0 Å². The summed E-state index contributed by atoms with van der Waals surface area (Å²) in [5.41, 5.74) is 2.49. The van der Waals surface area contributed by atoms with E-state index in [0.717, 1.165) is 13.1 Å². The summed E-state index contributed by atoms with van der Waals surface area (Å²) in [7, 11) is 16.7. The molecule has 0 aromatic heterocycles. The van der Waals surface area contributed by atoms with Gasteiger partial charge in [0.2, 0.25) is 0 Å². The Balaban J connectivity index is 0. The minimum absolute atomic E-state index is 0.